The maximum atomic E-state index is 12.9. The number of aromatic nitrogens is 2. The minimum atomic E-state index is -0.325. The first-order valence-corrected chi connectivity index (χ1v) is 7.76. The SMILES string of the molecule is Cc1ccc(C)c(NC(=O)c2ccc(Nc3ccc(F)cc3)nn2)c1. The zero-order chi connectivity index (χ0) is 17.8. The van der Waals surface area contributed by atoms with Crippen molar-refractivity contribution in [3.63, 3.8) is 0 Å². The van der Waals surface area contributed by atoms with Crippen LogP contribution in [-0.4, -0.2) is 16.1 Å². The van der Waals surface area contributed by atoms with E-state index in [-0.39, 0.29) is 17.4 Å². The van der Waals surface area contributed by atoms with Gasteiger partial charge >= 0.3 is 0 Å². The molecule has 1 aromatic heterocycles. The average molecular weight is 336 g/mol. The van der Waals surface area contributed by atoms with Crippen molar-refractivity contribution in [1.82, 2.24) is 10.2 Å². The molecule has 2 N–H and O–H groups in total. The lowest BCUT2D eigenvalue weighted by Gasteiger charge is -2.09. The van der Waals surface area contributed by atoms with Gasteiger partial charge in [0, 0.05) is 11.4 Å². The van der Waals surface area contributed by atoms with E-state index in [1.54, 1.807) is 24.3 Å². The van der Waals surface area contributed by atoms with Crippen LogP contribution in [0.1, 0.15) is 21.6 Å². The number of carbonyl (C=O) groups excluding carboxylic acids is 1. The van der Waals surface area contributed by atoms with Crippen LogP contribution in [0.25, 0.3) is 0 Å². The van der Waals surface area contributed by atoms with E-state index in [9.17, 15) is 9.18 Å². The Morgan fingerprint density at radius 3 is 2.40 bits per heavy atom. The van der Waals surface area contributed by atoms with Crippen LogP contribution in [0.2, 0.25) is 0 Å². The fourth-order valence-electron chi connectivity index (χ4n) is 2.26. The molecule has 0 fully saturated rings. The van der Waals surface area contributed by atoms with Gasteiger partial charge in [-0.15, -0.1) is 10.2 Å². The third kappa shape index (κ3) is 4.17. The van der Waals surface area contributed by atoms with Crippen LogP contribution in [0, 0.1) is 19.7 Å². The number of aryl methyl sites for hydroxylation is 2. The van der Waals surface area contributed by atoms with Gasteiger partial charge in [0.15, 0.2) is 11.5 Å². The van der Waals surface area contributed by atoms with Crippen molar-refractivity contribution in [2.45, 2.75) is 13.8 Å². The number of nitrogens with one attached hydrogen (secondary N) is 2. The predicted octanol–water partition coefficient (Wildman–Crippen LogP) is 4.23. The largest absolute Gasteiger partial charge is 0.339 e. The number of amides is 1. The van der Waals surface area contributed by atoms with Gasteiger partial charge in [-0.1, -0.05) is 12.1 Å². The fourth-order valence-corrected chi connectivity index (χ4v) is 2.26. The Labute approximate surface area is 144 Å². The summed E-state index contributed by atoms with van der Waals surface area (Å²) in [4.78, 5) is 12.3. The molecule has 126 valence electrons. The lowest BCUT2D eigenvalue weighted by atomic mass is 10.1. The number of carbonyl (C=O) groups is 1. The van der Waals surface area contributed by atoms with E-state index < -0.39 is 0 Å². The second-order valence-corrected chi connectivity index (χ2v) is 5.71. The molecule has 0 aliphatic heterocycles. The Kier molecular flexibility index (Phi) is 4.70. The molecule has 6 heteroatoms. The summed E-state index contributed by atoms with van der Waals surface area (Å²) in [6, 6.07) is 15.0. The van der Waals surface area contributed by atoms with Gasteiger partial charge < -0.3 is 10.6 Å². The fraction of sp³-hybridized carbons (Fsp3) is 0.105. The highest BCUT2D eigenvalue weighted by Gasteiger charge is 2.10. The van der Waals surface area contributed by atoms with Crippen molar-refractivity contribution in [3.05, 3.63) is 77.2 Å². The van der Waals surface area contributed by atoms with Crippen molar-refractivity contribution < 1.29 is 9.18 Å². The molecule has 0 saturated heterocycles. The molecule has 0 unspecified atom stereocenters. The molecule has 3 aromatic rings. The minimum absolute atomic E-state index is 0.213. The highest BCUT2D eigenvalue weighted by Crippen LogP contribution is 2.18. The molecule has 5 nitrogen and oxygen atoms in total. The van der Waals surface area contributed by atoms with E-state index >= 15 is 0 Å². The maximum absolute atomic E-state index is 12.9. The Morgan fingerprint density at radius 1 is 0.960 bits per heavy atom. The second kappa shape index (κ2) is 7.09. The van der Waals surface area contributed by atoms with Gasteiger partial charge in [0.2, 0.25) is 0 Å². The van der Waals surface area contributed by atoms with E-state index in [2.05, 4.69) is 20.8 Å². The van der Waals surface area contributed by atoms with Gasteiger partial charge in [0.1, 0.15) is 5.82 Å². The summed E-state index contributed by atoms with van der Waals surface area (Å²) in [6.07, 6.45) is 0. The summed E-state index contributed by atoms with van der Waals surface area (Å²) in [7, 11) is 0. The average Bonchev–Trinajstić information content (AvgIpc) is 2.61. The minimum Gasteiger partial charge on any atom is -0.339 e. The van der Waals surface area contributed by atoms with Gasteiger partial charge in [0.05, 0.1) is 0 Å². The van der Waals surface area contributed by atoms with Gasteiger partial charge in [0.25, 0.3) is 5.91 Å². The van der Waals surface area contributed by atoms with Crippen molar-refractivity contribution >= 4 is 23.1 Å². The normalized spacial score (nSPS) is 10.4. The van der Waals surface area contributed by atoms with Gasteiger partial charge in [-0.05, 0) is 67.4 Å². The van der Waals surface area contributed by atoms with Crippen LogP contribution in [0.5, 0.6) is 0 Å². The van der Waals surface area contributed by atoms with Crippen LogP contribution in [0.4, 0.5) is 21.6 Å². The first kappa shape index (κ1) is 16.6. The third-order valence-corrected chi connectivity index (χ3v) is 3.66. The van der Waals surface area contributed by atoms with E-state index in [4.69, 9.17) is 0 Å². The highest BCUT2D eigenvalue weighted by atomic mass is 19.1. The molecular formula is C19H17FN4O. The Morgan fingerprint density at radius 2 is 1.72 bits per heavy atom. The van der Waals surface area contributed by atoms with Crippen molar-refractivity contribution in [3.8, 4) is 0 Å². The molecule has 0 aliphatic rings. The summed E-state index contributed by atoms with van der Waals surface area (Å²) in [5.74, 6) is -0.167. The van der Waals surface area contributed by atoms with E-state index in [1.807, 2.05) is 32.0 Å². The van der Waals surface area contributed by atoms with Crippen molar-refractivity contribution in [1.29, 1.82) is 0 Å². The number of benzene rings is 2. The molecule has 1 amide bonds. The monoisotopic (exact) mass is 336 g/mol. The quantitative estimate of drug-likeness (QED) is 0.748. The lowest BCUT2D eigenvalue weighted by Crippen LogP contribution is -2.15. The lowest BCUT2D eigenvalue weighted by molar-refractivity contribution is 0.102. The smallest absolute Gasteiger partial charge is 0.276 e. The number of rotatable bonds is 4. The molecule has 0 bridgehead atoms. The Hall–Kier alpha value is -3.28. The molecule has 1 heterocycles. The first-order chi connectivity index (χ1) is 12.0. The van der Waals surface area contributed by atoms with Gasteiger partial charge in [-0.2, -0.15) is 0 Å². The first-order valence-electron chi connectivity index (χ1n) is 7.76. The number of hydrogen-bond donors (Lipinski definition) is 2. The van der Waals surface area contributed by atoms with Crippen LogP contribution < -0.4 is 10.6 Å². The van der Waals surface area contributed by atoms with Crippen LogP contribution in [0.15, 0.2) is 54.6 Å². The molecule has 0 saturated carbocycles. The zero-order valence-electron chi connectivity index (χ0n) is 13.9. The van der Waals surface area contributed by atoms with Crippen LogP contribution in [0.3, 0.4) is 0 Å². The number of nitrogens with zero attached hydrogens (tertiary/aromatic N) is 2. The molecule has 0 atom stereocenters. The van der Waals surface area contributed by atoms with Gasteiger partial charge in [-0.25, -0.2) is 4.39 Å². The Balaban J connectivity index is 1.70. The molecule has 0 aliphatic carbocycles. The Bertz CT molecular complexity index is 892. The number of hydrogen-bond acceptors (Lipinski definition) is 4. The predicted molar refractivity (Wildman–Crippen MR) is 95.6 cm³/mol. The number of anilines is 3. The summed E-state index contributed by atoms with van der Waals surface area (Å²) in [5.41, 5.74) is 3.68. The summed E-state index contributed by atoms with van der Waals surface area (Å²) < 4.78 is 12.9. The highest BCUT2D eigenvalue weighted by molar-refractivity contribution is 6.03. The molecule has 0 spiro atoms. The van der Waals surface area contributed by atoms with Gasteiger partial charge in [-0.3, -0.25) is 4.79 Å². The molecular weight excluding hydrogens is 319 g/mol. The summed E-state index contributed by atoms with van der Waals surface area (Å²) >= 11 is 0. The van der Waals surface area contributed by atoms with E-state index in [0.717, 1.165) is 16.8 Å². The van der Waals surface area contributed by atoms with Crippen molar-refractivity contribution in [2.75, 3.05) is 10.6 Å². The topological polar surface area (TPSA) is 66.9 Å². The molecule has 0 radical (unpaired) electrons. The zero-order valence-corrected chi connectivity index (χ0v) is 13.9. The van der Waals surface area contributed by atoms with Crippen LogP contribution >= 0.6 is 0 Å². The summed E-state index contributed by atoms with van der Waals surface area (Å²) in [6.45, 7) is 3.89. The second-order valence-electron chi connectivity index (χ2n) is 5.71. The van der Waals surface area contributed by atoms with Crippen molar-refractivity contribution in [2.24, 2.45) is 0 Å². The molecule has 3 rings (SSSR count). The summed E-state index contributed by atoms with van der Waals surface area (Å²) in [5, 5.41) is 13.8. The third-order valence-electron chi connectivity index (χ3n) is 3.66. The van der Waals surface area contributed by atoms with Crippen LogP contribution in [-0.2, 0) is 0 Å². The number of halogens is 1. The standard InChI is InChI=1S/C19H17FN4O/c1-12-3-4-13(2)17(11-12)22-19(25)16-9-10-18(24-23-16)21-15-7-5-14(20)6-8-15/h3-11H,1-2H3,(H,21,24)(H,22,25). The van der Waals surface area contributed by atoms with E-state index in [1.165, 1.54) is 12.1 Å². The molecule has 2 aromatic carbocycles. The molecule has 25 heavy (non-hydrogen) atoms. The maximum Gasteiger partial charge on any atom is 0.276 e. The van der Waals surface area contributed by atoms with E-state index in [0.29, 0.717) is 11.5 Å².